The number of hydrogen-bond acceptors (Lipinski definition) is 3. The fourth-order valence-corrected chi connectivity index (χ4v) is 1.86. The Balaban J connectivity index is 2.29. The van der Waals surface area contributed by atoms with Gasteiger partial charge in [-0.1, -0.05) is 0 Å². The Labute approximate surface area is 86.3 Å². The van der Waals surface area contributed by atoms with Crippen molar-refractivity contribution in [1.29, 1.82) is 0 Å². The molecule has 0 aromatic heterocycles. The predicted octanol–water partition coefficient (Wildman–Crippen LogP) is 2.16. The molecule has 1 aliphatic heterocycles. The van der Waals surface area contributed by atoms with Crippen molar-refractivity contribution in [2.75, 3.05) is 6.54 Å². The Bertz CT molecular complexity index is 389. The van der Waals surface area contributed by atoms with Gasteiger partial charge >= 0.3 is 0 Å². The van der Waals surface area contributed by atoms with Crippen molar-refractivity contribution in [1.82, 2.24) is 5.32 Å². The highest BCUT2D eigenvalue weighted by Gasteiger charge is 2.21. The minimum absolute atomic E-state index is 0.00537. The van der Waals surface area contributed by atoms with Crippen LogP contribution in [0.1, 0.15) is 24.4 Å². The molecule has 1 aromatic rings. The largest absolute Gasteiger partial charge is 0.310 e. The first-order valence-corrected chi connectivity index (χ1v) is 4.85. The number of nitro groups is 1. The molecule has 0 radical (unpaired) electrons. The highest BCUT2D eigenvalue weighted by atomic mass is 19.1. The molecular weight excluding hydrogens is 199 g/mol. The summed E-state index contributed by atoms with van der Waals surface area (Å²) in [6.07, 6.45) is 1.90. The Morgan fingerprint density at radius 2 is 2.33 bits per heavy atom. The highest BCUT2D eigenvalue weighted by Crippen LogP contribution is 2.27. The molecule has 0 bridgehead atoms. The summed E-state index contributed by atoms with van der Waals surface area (Å²) >= 11 is 0. The molecule has 1 aromatic carbocycles. The summed E-state index contributed by atoms with van der Waals surface area (Å²) in [4.78, 5) is 9.82. The lowest BCUT2D eigenvalue weighted by atomic mass is 10.0. The van der Waals surface area contributed by atoms with Crippen LogP contribution in [0.2, 0.25) is 0 Å². The molecule has 80 valence electrons. The number of nitro benzene ring substituents is 1. The lowest BCUT2D eigenvalue weighted by Crippen LogP contribution is -2.14. The minimum atomic E-state index is -0.588. The zero-order valence-corrected chi connectivity index (χ0v) is 8.07. The van der Waals surface area contributed by atoms with Crippen molar-refractivity contribution in [3.05, 3.63) is 39.7 Å². The Morgan fingerprint density at radius 1 is 1.53 bits per heavy atom. The summed E-state index contributed by atoms with van der Waals surface area (Å²) in [7, 11) is 0. The van der Waals surface area contributed by atoms with Crippen molar-refractivity contribution in [2.24, 2.45) is 0 Å². The van der Waals surface area contributed by atoms with E-state index in [-0.39, 0.29) is 11.7 Å². The zero-order chi connectivity index (χ0) is 10.8. The smallest absolute Gasteiger partial charge is 0.272 e. The van der Waals surface area contributed by atoms with E-state index in [9.17, 15) is 14.5 Å². The molecule has 1 heterocycles. The van der Waals surface area contributed by atoms with Gasteiger partial charge in [0.15, 0.2) is 0 Å². The lowest BCUT2D eigenvalue weighted by Gasteiger charge is -2.10. The standard InChI is InChI=1S/C10H11FN2O2/c11-9-6-7(13(14)15)3-4-8(9)10-2-1-5-12-10/h3-4,6,10,12H,1-2,5H2. The third-order valence-corrected chi connectivity index (χ3v) is 2.63. The van der Waals surface area contributed by atoms with E-state index < -0.39 is 10.7 Å². The van der Waals surface area contributed by atoms with E-state index in [1.165, 1.54) is 12.1 Å². The average molecular weight is 210 g/mol. The molecule has 1 saturated heterocycles. The van der Waals surface area contributed by atoms with Gasteiger partial charge in [-0.3, -0.25) is 10.1 Å². The maximum atomic E-state index is 13.5. The van der Waals surface area contributed by atoms with Crippen LogP contribution in [0, 0.1) is 15.9 Å². The second kappa shape index (κ2) is 3.94. The van der Waals surface area contributed by atoms with Crippen LogP contribution in [0.5, 0.6) is 0 Å². The molecule has 1 aliphatic rings. The Hall–Kier alpha value is -1.49. The number of rotatable bonds is 2. The molecule has 0 aliphatic carbocycles. The van der Waals surface area contributed by atoms with Gasteiger partial charge < -0.3 is 5.32 Å². The predicted molar refractivity (Wildman–Crippen MR) is 53.0 cm³/mol. The number of non-ortho nitro benzene ring substituents is 1. The first-order valence-electron chi connectivity index (χ1n) is 4.85. The van der Waals surface area contributed by atoms with Crippen LogP contribution >= 0.6 is 0 Å². The highest BCUT2D eigenvalue weighted by molar-refractivity contribution is 5.35. The Morgan fingerprint density at radius 3 is 2.87 bits per heavy atom. The van der Waals surface area contributed by atoms with E-state index in [4.69, 9.17) is 0 Å². The molecule has 0 amide bonds. The van der Waals surface area contributed by atoms with E-state index in [1.807, 2.05) is 0 Å². The topological polar surface area (TPSA) is 55.2 Å². The minimum Gasteiger partial charge on any atom is -0.310 e. The van der Waals surface area contributed by atoms with E-state index in [1.54, 1.807) is 0 Å². The van der Waals surface area contributed by atoms with Crippen molar-refractivity contribution < 1.29 is 9.31 Å². The second-order valence-corrected chi connectivity index (χ2v) is 3.61. The van der Waals surface area contributed by atoms with E-state index in [2.05, 4.69) is 5.32 Å². The summed E-state index contributed by atoms with van der Waals surface area (Å²) in [5.74, 6) is -0.497. The monoisotopic (exact) mass is 210 g/mol. The van der Waals surface area contributed by atoms with Crippen molar-refractivity contribution in [3.8, 4) is 0 Å². The molecule has 15 heavy (non-hydrogen) atoms. The SMILES string of the molecule is O=[N+]([O-])c1ccc(C2CCCN2)c(F)c1. The van der Waals surface area contributed by atoms with Gasteiger partial charge in [-0.25, -0.2) is 4.39 Å². The molecule has 2 rings (SSSR count). The normalized spacial score (nSPS) is 20.5. The molecule has 1 atom stereocenters. The number of nitrogens with one attached hydrogen (secondary N) is 1. The van der Waals surface area contributed by atoms with Gasteiger partial charge in [0.2, 0.25) is 0 Å². The van der Waals surface area contributed by atoms with Gasteiger partial charge in [0.05, 0.1) is 11.0 Å². The summed E-state index contributed by atoms with van der Waals surface area (Å²) in [6.45, 7) is 0.876. The summed E-state index contributed by atoms with van der Waals surface area (Å²) in [5, 5.41) is 13.6. The van der Waals surface area contributed by atoms with Gasteiger partial charge in [-0.2, -0.15) is 0 Å². The summed E-state index contributed by atoms with van der Waals surface area (Å²) in [6, 6.07) is 3.83. The molecule has 1 unspecified atom stereocenters. The van der Waals surface area contributed by atoms with Crippen LogP contribution in [0.25, 0.3) is 0 Å². The zero-order valence-electron chi connectivity index (χ0n) is 8.07. The third-order valence-electron chi connectivity index (χ3n) is 2.63. The van der Waals surface area contributed by atoms with Gasteiger partial charge in [0, 0.05) is 17.7 Å². The molecule has 5 heteroatoms. The van der Waals surface area contributed by atoms with E-state index in [0.717, 1.165) is 25.5 Å². The third kappa shape index (κ3) is 1.97. The van der Waals surface area contributed by atoms with Crippen molar-refractivity contribution >= 4 is 5.69 Å². The fourth-order valence-electron chi connectivity index (χ4n) is 1.86. The van der Waals surface area contributed by atoms with Crippen LogP contribution in [-0.2, 0) is 0 Å². The second-order valence-electron chi connectivity index (χ2n) is 3.61. The maximum absolute atomic E-state index is 13.5. The Kier molecular flexibility index (Phi) is 2.64. The van der Waals surface area contributed by atoms with Crippen LogP contribution in [-0.4, -0.2) is 11.5 Å². The van der Waals surface area contributed by atoms with E-state index >= 15 is 0 Å². The van der Waals surface area contributed by atoms with Gasteiger partial charge in [-0.15, -0.1) is 0 Å². The quantitative estimate of drug-likeness (QED) is 0.601. The van der Waals surface area contributed by atoms with Crippen LogP contribution in [0.15, 0.2) is 18.2 Å². The van der Waals surface area contributed by atoms with Crippen LogP contribution in [0.4, 0.5) is 10.1 Å². The first-order chi connectivity index (χ1) is 7.18. The van der Waals surface area contributed by atoms with Crippen molar-refractivity contribution in [2.45, 2.75) is 18.9 Å². The van der Waals surface area contributed by atoms with Crippen molar-refractivity contribution in [3.63, 3.8) is 0 Å². The summed E-state index contributed by atoms with van der Waals surface area (Å²) in [5.41, 5.74) is 0.326. The summed E-state index contributed by atoms with van der Waals surface area (Å²) < 4.78 is 13.5. The molecule has 1 N–H and O–H groups in total. The molecule has 0 saturated carbocycles. The van der Waals surface area contributed by atoms with Crippen LogP contribution < -0.4 is 5.32 Å². The number of nitrogens with zero attached hydrogens (tertiary/aromatic N) is 1. The maximum Gasteiger partial charge on any atom is 0.272 e. The van der Waals surface area contributed by atoms with E-state index in [0.29, 0.717) is 5.56 Å². The molecule has 1 fully saturated rings. The molecule has 4 nitrogen and oxygen atoms in total. The number of hydrogen-bond donors (Lipinski definition) is 1. The lowest BCUT2D eigenvalue weighted by molar-refractivity contribution is -0.385. The fraction of sp³-hybridized carbons (Fsp3) is 0.400. The average Bonchev–Trinajstić information content (AvgIpc) is 2.70. The number of halogens is 1. The number of benzene rings is 1. The van der Waals surface area contributed by atoms with Gasteiger partial charge in [-0.05, 0) is 25.5 Å². The molecular formula is C10H11FN2O2. The molecule has 0 spiro atoms. The van der Waals surface area contributed by atoms with Crippen LogP contribution in [0.3, 0.4) is 0 Å². The van der Waals surface area contributed by atoms with Gasteiger partial charge in [0.25, 0.3) is 5.69 Å². The first kappa shape index (κ1) is 10.0. The van der Waals surface area contributed by atoms with Gasteiger partial charge in [0.1, 0.15) is 5.82 Å².